The lowest BCUT2D eigenvalue weighted by atomic mass is 10.0. The molecule has 0 aliphatic heterocycles. The SMILES string of the molecule is NCC1(CO)CC1c1cccc(Br)c1. The van der Waals surface area contributed by atoms with Crippen LogP contribution < -0.4 is 5.73 Å². The summed E-state index contributed by atoms with van der Waals surface area (Å²) in [5, 5.41) is 9.27. The van der Waals surface area contributed by atoms with E-state index in [-0.39, 0.29) is 12.0 Å². The van der Waals surface area contributed by atoms with E-state index in [1.165, 1.54) is 5.56 Å². The highest BCUT2D eigenvalue weighted by molar-refractivity contribution is 9.10. The molecule has 2 atom stereocenters. The second-order valence-electron chi connectivity index (χ2n) is 4.04. The zero-order chi connectivity index (χ0) is 10.2. The lowest BCUT2D eigenvalue weighted by molar-refractivity contribution is 0.211. The van der Waals surface area contributed by atoms with Crippen molar-refractivity contribution < 1.29 is 5.11 Å². The average molecular weight is 256 g/mol. The Labute approximate surface area is 92.3 Å². The Bertz CT molecular complexity index is 336. The van der Waals surface area contributed by atoms with Gasteiger partial charge >= 0.3 is 0 Å². The first-order chi connectivity index (χ1) is 6.72. The van der Waals surface area contributed by atoms with Gasteiger partial charge in [-0.25, -0.2) is 0 Å². The monoisotopic (exact) mass is 255 g/mol. The molecule has 14 heavy (non-hydrogen) atoms. The van der Waals surface area contributed by atoms with Crippen molar-refractivity contribution in [3.63, 3.8) is 0 Å². The van der Waals surface area contributed by atoms with Crippen molar-refractivity contribution in [2.24, 2.45) is 11.1 Å². The van der Waals surface area contributed by atoms with Gasteiger partial charge in [0, 0.05) is 16.4 Å². The summed E-state index contributed by atoms with van der Waals surface area (Å²) in [4.78, 5) is 0. The molecule has 2 nitrogen and oxygen atoms in total. The van der Waals surface area contributed by atoms with Gasteiger partial charge in [0.2, 0.25) is 0 Å². The molecule has 0 spiro atoms. The summed E-state index contributed by atoms with van der Waals surface area (Å²) in [7, 11) is 0. The summed E-state index contributed by atoms with van der Waals surface area (Å²) in [6.07, 6.45) is 1.01. The van der Waals surface area contributed by atoms with E-state index in [9.17, 15) is 5.11 Å². The first kappa shape index (κ1) is 10.1. The molecule has 1 aromatic rings. The molecule has 1 fully saturated rings. The summed E-state index contributed by atoms with van der Waals surface area (Å²) in [5.74, 6) is 0.440. The molecule has 1 aliphatic rings. The van der Waals surface area contributed by atoms with E-state index in [2.05, 4.69) is 28.1 Å². The number of hydrogen-bond donors (Lipinski definition) is 2. The van der Waals surface area contributed by atoms with Gasteiger partial charge < -0.3 is 10.8 Å². The third-order valence-corrected chi connectivity index (χ3v) is 3.66. The van der Waals surface area contributed by atoms with Gasteiger partial charge in [-0.05, 0) is 30.0 Å². The molecule has 0 radical (unpaired) electrons. The van der Waals surface area contributed by atoms with Gasteiger partial charge in [0.25, 0.3) is 0 Å². The van der Waals surface area contributed by atoms with Gasteiger partial charge in [-0.3, -0.25) is 0 Å². The van der Waals surface area contributed by atoms with Crippen molar-refractivity contribution in [2.75, 3.05) is 13.2 Å². The van der Waals surface area contributed by atoms with Crippen LogP contribution in [0.5, 0.6) is 0 Å². The third kappa shape index (κ3) is 1.60. The van der Waals surface area contributed by atoms with Crippen LogP contribution in [0.1, 0.15) is 17.9 Å². The fraction of sp³-hybridized carbons (Fsp3) is 0.455. The van der Waals surface area contributed by atoms with Crippen LogP contribution in [0.4, 0.5) is 0 Å². The van der Waals surface area contributed by atoms with E-state index in [1.807, 2.05) is 12.1 Å². The molecule has 1 aliphatic carbocycles. The molecule has 1 saturated carbocycles. The normalized spacial score (nSPS) is 30.4. The number of aliphatic hydroxyl groups is 1. The summed E-state index contributed by atoms with van der Waals surface area (Å²) < 4.78 is 1.09. The van der Waals surface area contributed by atoms with Crippen LogP contribution in [0, 0.1) is 5.41 Å². The molecule has 0 amide bonds. The molecule has 2 unspecified atom stereocenters. The summed E-state index contributed by atoms with van der Waals surface area (Å²) in [5.41, 5.74) is 6.91. The number of rotatable bonds is 3. The average Bonchev–Trinajstić information content (AvgIpc) is 2.93. The summed E-state index contributed by atoms with van der Waals surface area (Å²) in [6.45, 7) is 0.765. The molecular formula is C11H14BrNO. The van der Waals surface area contributed by atoms with Crippen LogP contribution in [-0.2, 0) is 0 Å². The smallest absolute Gasteiger partial charge is 0.0505 e. The van der Waals surface area contributed by atoms with Gasteiger partial charge in [-0.2, -0.15) is 0 Å². The van der Waals surface area contributed by atoms with Crippen LogP contribution >= 0.6 is 15.9 Å². The molecule has 76 valence electrons. The Morgan fingerprint density at radius 2 is 2.36 bits per heavy atom. The van der Waals surface area contributed by atoms with Crippen LogP contribution in [0.25, 0.3) is 0 Å². The maximum Gasteiger partial charge on any atom is 0.0505 e. The fourth-order valence-electron chi connectivity index (χ4n) is 2.01. The molecule has 0 bridgehead atoms. The Morgan fingerprint density at radius 1 is 1.57 bits per heavy atom. The van der Waals surface area contributed by atoms with E-state index in [1.54, 1.807) is 0 Å². The lowest BCUT2D eigenvalue weighted by Gasteiger charge is -2.11. The molecule has 3 heteroatoms. The molecule has 0 saturated heterocycles. The molecule has 1 aromatic carbocycles. The second kappa shape index (κ2) is 3.65. The van der Waals surface area contributed by atoms with Crippen molar-refractivity contribution in [1.82, 2.24) is 0 Å². The van der Waals surface area contributed by atoms with Gasteiger partial charge in [-0.15, -0.1) is 0 Å². The lowest BCUT2D eigenvalue weighted by Crippen LogP contribution is -2.21. The number of halogens is 1. The molecular weight excluding hydrogens is 242 g/mol. The minimum absolute atomic E-state index is 0.0409. The van der Waals surface area contributed by atoms with Crippen molar-refractivity contribution in [3.05, 3.63) is 34.3 Å². The quantitative estimate of drug-likeness (QED) is 0.867. The Hall–Kier alpha value is -0.380. The first-order valence-corrected chi connectivity index (χ1v) is 5.57. The number of hydrogen-bond acceptors (Lipinski definition) is 2. The third-order valence-electron chi connectivity index (χ3n) is 3.16. The predicted octanol–water partition coefficient (Wildman–Crippen LogP) is 1.87. The standard InChI is InChI=1S/C11H14BrNO/c12-9-3-1-2-8(4-9)10-5-11(10,6-13)7-14/h1-4,10,14H,5-7,13H2. The van der Waals surface area contributed by atoms with E-state index < -0.39 is 0 Å². The van der Waals surface area contributed by atoms with Gasteiger partial charge in [0.15, 0.2) is 0 Å². The Morgan fingerprint density at radius 3 is 2.86 bits per heavy atom. The van der Waals surface area contributed by atoms with Gasteiger partial charge in [0.1, 0.15) is 0 Å². The topological polar surface area (TPSA) is 46.2 Å². The molecule has 2 rings (SSSR count). The van der Waals surface area contributed by atoms with Crippen molar-refractivity contribution in [2.45, 2.75) is 12.3 Å². The number of aliphatic hydroxyl groups excluding tert-OH is 1. The van der Waals surface area contributed by atoms with E-state index >= 15 is 0 Å². The van der Waals surface area contributed by atoms with Crippen LogP contribution in [0.15, 0.2) is 28.7 Å². The highest BCUT2D eigenvalue weighted by Crippen LogP contribution is 2.58. The predicted molar refractivity (Wildman–Crippen MR) is 60.1 cm³/mol. The summed E-state index contributed by atoms with van der Waals surface area (Å²) in [6, 6.07) is 8.24. The van der Waals surface area contributed by atoms with E-state index in [0.29, 0.717) is 12.5 Å². The zero-order valence-corrected chi connectivity index (χ0v) is 9.50. The summed E-state index contributed by atoms with van der Waals surface area (Å²) >= 11 is 3.45. The number of benzene rings is 1. The molecule has 0 heterocycles. The number of nitrogens with two attached hydrogens (primary N) is 1. The first-order valence-electron chi connectivity index (χ1n) is 4.78. The van der Waals surface area contributed by atoms with E-state index in [0.717, 1.165) is 10.9 Å². The second-order valence-corrected chi connectivity index (χ2v) is 4.95. The van der Waals surface area contributed by atoms with Crippen molar-refractivity contribution in [1.29, 1.82) is 0 Å². The van der Waals surface area contributed by atoms with Crippen LogP contribution in [-0.4, -0.2) is 18.3 Å². The van der Waals surface area contributed by atoms with Crippen molar-refractivity contribution >= 4 is 15.9 Å². The fourth-order valence-corrected chi connectivity index (χ4v) is 2.42. The minimum Gasteiger partial charge on any atom is -0.396 e. The highest BCUT2D eigenvalue weighted by atomic mass is 79.9. The van der Waals surface area contributed by atoms with Crippen molar-refractivity contribution in [3.8, 4) is 0 Å². The minimum atomic E-state index is -0.0409. The van der Waals surface area contributed by atoms with E-state index in [4.69, 9.17) is 5.73 Å². The Balaban J connectivity index is 2.19. The maximum absolute atomic E-state index is 9.27. The van der Waals surface area contributed by atoms with Crippen LogP contribution in [0.2, 0.25) is 0 Å². The highest BCUT2D eigenvalue weighted by Gasteiger charge is 2.53. The van der Waals surface area contributed by atoms with Gasteiger partial charge in [0.05, 0.1) is 6.61 Å². The molecule has 3 N–H and O–H groups in total. The Kier molecular flexibility index (Phi) is 2.64. The van der Waals surface area contributed by atoms with Gasteiger partial charge in [-0.1, -0.05) is 28.1 Å². The van der Waals surface area contributed by atoms with Crippen LogP contribution in [0.3, 0.4) is 0 Å². The maximum atomic E-state index is 9.27. The largest absolute Gasteiger partial charge is 0.396 e. The zero-order valence-electron chi connectivity index (χ0n) is 7.91. The molecule has 0 aromatic heterocycles.